The molecule has 0 N–H and O–H groups in total. The van der Waals surface area contributed by atoms with E-state index in [4.69, 9.17) is 9.47 Å². The molecule has 1 aromatic heterocycles. The molecule has 2 aromatic rings. The molecule has 1 fully saturated rings. The van der Waals surface area contributed by atoms with Crippen molar-refractivity contribution in [2.24, 2.45) is 5.92 Å². The summed E-state index contributed by atoms with van der Waals surface area (Å²) >= 11 is 0. The van der Waals surface area contributed by atoms with Gasteiger partial charge in [-0.15, -0.1) is 0 Å². The molecule has 2 aliphatic heterocycles. The number of fused-ring (bicyclic) bond motifs is 1. The molecule has 0 radical (unpaired) electrons. The molecule has 2 aliphatic rings. The molecular formula is C20H23N3O2. The third-order valence-corrected chi connectivity index (χ3v) is 4.68. The second-order valence-corrected chi connectivity index (χ2v) is 6.71. The number of hydrogen-bond acceptors (Lipinski definition) is 5. The molecule has 130 valence electrons. The Balaban J connectivity index is 1.41. The summed E-state index contributed by atoms with van der Waals surface area (Å²) in [5, 5.41) is 0. The van der Waals surface area contributed by atoms with Gasteiger partial charge in [0.05, 0.1) is 13.2 Å². The summed E-state index contributed by atoms with van der Waals surface area (Å²) in [6.07, 6.45) is 6.62. The van der Waals surface area contributed by atoms with Gasteiger partial charge in [0.1, 0.15) is 18.7 Å². The molecule has 0 bridgehead atoms. The fourth-order valence-electron chi connectivity index (χ4n) is 3.50. The zero-order valence-electron chi connectivity index (χ0n) is 14.3. The van der Waals surface area contributed by atoms with Crippen molar-refractivity contribution >= 4 is 6.08 Å². The molecule has 25 heavy (non-hydrogen) atoms. The monoisotopic (exact) mass is 337 g/mol. The SMILES string of the molecule is C1=C(CN2CCOC[C@@H](Cc3ccncn3)C2)COc2ccccc21. The first-order valence-corrected chi connectivity index (χ1v) is 8.83. The van der Waals surface area contributed by atoms with Gasteiger partial charge in [0, 0.05) is 43.0 Å². The van der Waals surface area contributed by atoms with Gasteiger partial charge in [0.15, 0.2) is 0 Å². The van der Waals surface area contributed by atoms with Gasteiger partial charge < -0.3 is 9.47 Å². The zero-order chi connectivity index (χ0) is 16.9. The second kappa shape index (κ2) is 7.76. The Morgan fingerprint density at radius 3 is 3.08 bits per heavy atom. The van der Waals surface area contributed by atoms with Crippen molar-refractivity contribution in [2.45, 2.75) is 6.42 Å². The average Bonchev–Trinajstić information content (AvgIpc) is 2.87. The first kappa shape index (κ1) is 16.2. The fraction of sp³-hybridized carbons (Fsp3) is 0.400. The highest BCUT2D eigenvalue weighted by Crippen LogP contribution is 2.26. The first-order valence-electron chi connectivity index (χ1n) is 8.83. The summed E-state index contributed by atoms with van der Waals surface area (Å²) in [6.45, 7) is 5.15. The van der Waals surface area contributed by atoms with Crippen LogP contribution in [0.2, 0.25) is 0 Å². The minimum Gasteiger partial charge on any atom is -0.489 e. The molecule has 0 unspecified atom stereocenters. The standard InChI is InChI=1S/C20H23N3O2/c1-2-4-20-18(3-1)9-16(14-25-20)11-23-7-8-24-13-17(12-23)10-19-5-6-21-15-22-19/h1-6,9,15,17H,7-8,10-14H2/t17-/m0/s1. The van der Waals surface area contributed by atoms with Crippen LogP contribution in [0.3, 0.4) is 0 Å². The number of hydrogen-bond donors (Lipinski definition) is 0. The van der Waals surface area contributed by atoms with Gasteiger partial charge in [-0.3, -0.25) is 4.90 Å². The lowest BCUT2D eigenvalue weighted by molar-refractivity contribution is 0.122. The lowest BCUT2D eigenvalue weighted by atomic mass is 10.0. The normalized spacial score (nSPS) is 21.0. The van der Waals surface area contributed by atoms with Crippen LogP contribution in [0.25, 0.3) is 6.08 Å². The van der Waals surface area contributed by atoms with E-state index < -0.39 is 0 Å². The second-order valence-electron chi connectivity index (χ2n) is 6.71. The van der Waals surface area contributed by atoms with Crippen molar-refractivity contribution in [2.75, 3.05) is 39.5 Å². The molecule has 0 saturated carbocycles. The summed E-state index contributed by atoms with van der Waals surface area (Å²) in [5.74, 6) is 1.43. The molecule has 5 heteroatoms. The van der Waals surface area contributed by atoms with E-state index in [2.05, 4.69) is 33.1 Å². The minimum absolute atomic E-state index is 0.454. The Morgan fingerprint density at radius 1 is 1.20 bits per heavy atom. The van der Waals surface area contributed by atoms with E-state index in [-0.39, 0.29) is 0 Å². The fourth-order valence-corrected chi connectivity index (χ4v) is 3.50. The zero-order valence-corrected chi connectivity index (χ0v) is 14.3. The molecule has 1 aromatic carbocycles. The van der Waals surface area contributed by atoms with Crippen LogP contribution in [-0.4, -0.2) is 54.3 Å². The molecule has 0 amide bonds. The van der Waals surface area contributed by atoms with Crippen molar-refractivity contribution in [1.82, 2.24) is 14.9 Å². The smallest absolute Gasteiger partial charge is 0.127 e. The predicted molar refractivity (Wildman–Crippen MR) is 96.4 cm³/mol. The van der Waals surface area contributed by atoms with E-state index in [1.807, 2.05) is 18.2 Å². The molecule has 5 nitrogen and oxygen atoms in total. The summed E-state index contributed by atoms with van der Waals surface area (Å²) in [6, 6.07) is 10.2. The highest BCUT2D eigenvalue weighted by Gasteiger charge is 2.21. The van der Waals surface area contributed by atoms with Gasteiger partial charge in [-0.1, -0.05) is 18.2 Å². The molecule has 1 saturated heterocycles. The molecular weight excluding hydrogens is 314 g/mol. The number of ether oxygens (including phenoxy) is 2. The first-order chi connectivity index (χ1) is 12.4. The lowest BCUT2D eigenvalue weighted by Crippen LogP contribution is -2.34. The lowest BCUT2D eigenvalue weighted by Gasteiger charge is -2.26. The summed E-state index contributed by atoms with van der Waals surface area (Å²) in [4.78, 5) is 10.8. The van der Waals surface area contributed by atoms with Crippen LogP contribution in [-0.2, 0) is 11.2 Å². The summed E-state index contributed by atoms with van der Waals surface area (Å²) in [7, 11) is 0. The van der Waals surface area contributed by atoms with Crippen molar-refractivity contribution in [3.63, 3.8) is 0 Å². The molecule has 0 aliphatic carbocycles. The van der Waals surface area contributed by atoms with E-state index in [1.165, 1.54) is 11.1 Å². The van der Waals surface area contributed by atoms with E-state index in [0.29, 0.717) is 12.5 Å². The minimum atomic E-state index is 0.454. The van der Waals surface area contributed by atoms with Crippen LogP contribution in [0.4, 0.5) is 0 Å². The quantitative estimate of drug-likeness (QED) is 0.858. The Bertz CT molecular complexity index is 733. The number of para-hydroxylation sites is 1. The van der Waals surface area contributed by atoms with Gasteiger partial charge in [0.2, 0.25) is 0 Å². The number of rotatable bonds is 4. The van der Waals surface area contributed by atoms with Crippen LogP contribution in [0.1, 0.15) is 11.3 Å². The Kier molecular flexibility index (Phi) is 5.04. The van der Waals surface area contributed by atoms with Crippen molar-refractivity contribution in [3.8, 4) is 5.75 Å². The highest BCUT2D eigenvalue weighted by atomic mass is 16.5. The average molecular weight is 337 g/mol. The largest absolute Gasteiger partial charge is 0.489 e. The Labute approximate surface area is 148 Å². The summed E-state index contributed by atoms with van der Waals surface area (Å²) in [5.41, 5.74) is 3.58. The Hall–Kier alpha value is -2.24. The number of benzene rings is 1. The third-order valence-electron chi connectivity index (χ3n) is 4.68. The predicted octanol–water partition coefficient (Wildman–Crippen LogP) is 2.44. The summed E-state index contributed by atoms with van der Waals surface area (Å²) < 4.78 is 11.7. The topological polar surface area (TPSA) is 47.5 Å². The van der Waals surface area contributed by atoms with Crippen LogP contribution < -0.4 is 4.74 Å². The van der Waals surface area contributed by atoms with Gasteiger partial charge in [0.25, 0.3) is 0 Å². The van der Waals surface area contributed by atoms with E-state index >= 15 is 0 Å². The van der Waals surface area contributed by atoms with E-state index in [1.54, 1.807) is 12.5 Å². The maximum absolute atomic E-state index is 5.89. The van der Waals surface area contributed by atoms with Crippen molar-refractivity contribution < 1.29 is 9.47 Å². The maximum atomic E-state index is 5.89. The molecule has 0 spiro atoms. The van der Waals surface area contributed by atoms with E-state index in [0.717, 1.165) is 50.7 Å². The van der Waals surface area contributed by atoms with E-state index in [9.17, 15) is 0 Å². The van der Waals surface area contributed by atoms with Gasteiger partial charge in [-0.05, 0) is 30.2 Å². The third kappa shape index (κ3) is 4.24. The molecule has 3 heterocycles. The van der Waals surface area contributed by atoms with Crippen molar-refractivity contribution in [3.05, 3.63) is 59.7 Å². The van der Waals surface area contributed by atoms with Gasteiger partial charge in [-0.2, -0.15) is 0 Å². The highest BCUT2D eigenvalue weighted by molar-refractivity contribution is 5.62. The van der Waals surface area contributed by atoms with Gasteiger partial charge >= 0.3 is 0 Å². The van der Waals surface area contributed by atoms with Crippen LogP contribution in [0, 0.1) is 5.92 Å². The van der Waals surface area contributed by atoms with Crippen molar-refractivity contribution in [1.29, 1.82) is 0 Å². The van der Waals surface area contributed by atoms with Crippen LogP contribution in [0.15, 0.2) is 48.4 Å². The number of nitrogens with zero attached hydrogens (tertiary/aromatic N) is 3. The maximum Gasteiger partial charge on any atom is 0.127 e. The number of aromatic nitrogens is 2. The van der Waals surface area contributed by atoms with Crippen LogP contribution >= 0.6 is 0 Å². The van der Waals surface area contributed by atoms with Gasteiger partial charge in [-0.25, -0.2) is 9.97 Å². The molecule has 4 rings (SSSR count). The Morgan fingerprint density at radius 2 is 2.16 bits per heavy atom. The van der Waals surface area contributed by atoms with Crippen LogP contribution in [0.5, 0.6) is 5.75 Å². The molecule has 1 atom stereocenters.